The average molecular weight is 405 g/mol. The number of halogens is 2. The van der Waals surface area contributed by atoms with Crippen LogP contribution in [0, 0.1) is 12.7 Å². The highest BCUT2D eigenvalue weighted by molar-refractivity contribution is 6.31. The molecular weight excluding hydrogens is 379 g/mol. The van der Waals surface area contributed by atoms with Gasteiger partial charge >= 0.3 is 0 Å². The quantitative estimate of drug-likeness (QED) is 0.714. The lowest BCUT2D eigenvalue weighted by Crippen LogP contribution is -2.48. The van der Waals surface area contributed by atoms with Crippen molar-refractivity contribution in [1.82, 2.24) is 10.2 Å². The standard InChI is InChI=1S/C22H26ClFN2O2/c1-4-12-25-22(28)16(3)26(14-17-10-8-15(2)9-11-17)21(27)13-18-19(23)6-5-7-20(18)24/h5-11,16H,4,12-14H2,1-3H3,(H,25,28)/t16-/m0/s1. The van der Waals surface area contributed by atoms with Gasteiger partial charge in [-0.2, -0.15) is 0 Å². The minimum absolute atomic E-state index is 0.143. The van der Waals surface area contributed by atoms with E-state index in [1.165, 1.54) is 17.0 Å². The van der Waals surface area contributed by atoms with E-state index in [1.54, 1.807) is 13.0 Å². The van der Waals surface area contributed by atoms with Crippen LogP contribution in [0.2, 0.25) is 5.02 Å². The third-order valence-electron chi connectivity index (χ3n) is 4.58. The van der Waals surface area contributed by atoms with E-state index in [9.17, 15) is 14.0 Å². The van der Waals surface area contributed by atoms with Gasteiger partial charge in [-0.1, -0.05) is 54.4 Å². The van der Waals surface area contributed by atoms with Crippen molar-refractivity contribution >= 4 is 23.4 Å². The summed E-state index contributed by atoms with van der Waals surface area (Å²) >= 11 is 6.08. The number of carbonyl (C=O) groups is 2. The Bertz CT molecular complexity index is 804. The second-order valence-corrected chi connectivity index (χ2v) is 7.26. The summed E-state index contributed by atoms with van der Waals surface area (Å²) in [6, 6.07) is 11.4. The number of benzene rings is 2. The Hall–Kier alpha value is -2.40. The Labute approximate surface area is 170 Å². The van der Waals surface area contributed by atoms with Crippen LogP contribution in [0.15, 0.2) is 42.5 Å². The molecule has 0 spiro atoms. The molecule has 2 aromatic carbocycles. The third-order valence-corrected chi connectivity index (χ3v) is 4.93. The van der Waals surface area contributed by atoms with Crippen molar-refractivity contribution in [2.45, 2.75) is 46.2 Å². The molecule has 0 saturated carbocycles. The highest BCUT2D eigenvalue weighted by Crippen LogP contribution is 2.21. The summed E-state index contributed by atoms with van der Waals surface area (Å²) in [5.41, 5.74) is 2.14. The zero-order valence-electron chi connectivity index (χ0n) is 16.5. The maximum Gasteiger partial charge on any atom is 0.242 e. The fourth-order valence-electron chi connectivity index (χ4n) is 2.82. The molecule has 150 valence electrons. The molecule has 0 radical (unpaired) electrons. The van der Waals surface area contributed by atoms with Gasteiger partial charge in [0.15, 0.2) is 0 Å². The third kappa shape index (κ3) is 5.80. The van der Waals surface area contributed by atoms with Gasteiger partial charge in [0.05, 0.1) is 6.42 Å². The second kappa shape index (κ2) is 10.2. The Kier molecular flexibility index (Phi) is 8.00. The van der Waals surface area contributed by atoms with E-state index in [0.717, 1.165) is 17.5 Å². The lowest BCUT2D eigenvalue weighted by Gasteiger charge is -2.29. The van der Waals surface area contributed by atoms with Gasteiger partial charge in [-0.25, -0.2) is 4.39 Å². The number of hydrogen-bond acceptors (Lipinski definition) is 2. The molecule has 4 nitrogen and oxygen atoms in total. The van der Waals surface area contributed by atoms with E-state index >= 15 is 0 Å². The molecule has 0 aliphatic rings. The van der Waals surface area contributed by atoms with Gasteiger partial charge < -0.3 is 10.2 Å². The molecule has 2 amide bonds. The number of aryl methyl sites for hydroxylation is 1. The molecule has 28 heavy (non-hydrogen) atoms. The molecule has 6 heteroatoms. The predicted molar refractivity (Wildman–Crippen MR) is 110 cm³/mol. The van der Waals surface area contributed by atoms with Gasteiger partial charge in [-0.05, 0) is 38.0 Å². The van der Waals surface area contributed by atoms with Crippen LogP contribution in [0.1, 0.15) is 37.0 Å². The van der Waals surface area contributed by atoms with Crippen molar-refractivity contribution in [2.24, 2.45) is 0 Å². The highest BCUT2D eigenvalue weighted by atomic mass is 35.5. The molecule has 1 N–H and O–H groups in total. The van der Waals surface area contributed by atoms with Crippen LogP contribution in [-0.4, -0.2) is 29.3 Å². The minimum Gasteiger partial charge on any atom is -0.354 e. The highest BCUT2D eigenvalue weighted by Gasteiger charge is 2.27. The zero-order chi connectivity index (χ0) is 20.7. The summed E-state index contributed by atoms with van der Waals surface area (Å²) in [6.45, 7) is 6.41. The molecule has 0 unspecified atom stereocenters. The molecule has 0 aromatic heterocycles. The van der Waals surface area contributed by atoms with Crippen LogP contribution in [0.3, 0.4) is 0 Å². The van der Waals surface area contributed by atoms with Crippen molar-refractivity contribution in [2.75, 3.05) is 6.54 Å². The van der Waals surface area contributed by atoms with Crippen molar-refractivity contribution in [3.63, 3.8) is 0 Å². The van der Waals surface area contributed by atoms with Crippen LogP contribution in [0.5, 0.6) is 0 Å². The first-order valence-corrected chi connectivity index (χ1v) is 9.76. The number of nitrogens with zero attached hydrogens (tertiary/aromatic N) is 1. The summed E-state index contributed by atoms with van der Waals surface area (Å²) in [4.78, 5) is 27.0. The summed E-state index contributed by atoms with van der Waals surface area (Å²) in [7, 11) is 0. The van der Waals surface area contributed by atoms with E-state index in [2.05, 4.69) is 5.32 Å². The van der Waals surface area contributed by atoms with Gasteiger partial charge in [0, 0.05) is 23.7 Å². The van der Waals surface area contributed by atoms with E-state index in [0.29, 0.717) is 6.54 Å². The normalized spacial score (nSPS) is 11.8. The summed E-state index contributed by atoms with van der Waals surface area (Å²) in [5.74, 6) is -1.12. The average Bonchev–Trinajstić information content (AvgIpc) is 2.67. The van der Waals surface area contributed by atoms with Crippen LogP contribution < -0.4 is 5.32 Å². The number of hydrogen-bond donors (Lipinski definition) is 1. The van der Waals surface area contributed by atoms with Gasteiger partial charge in [0.2, 0.25) is 11.8 Å². The molecular formula is C22H26ClFN2O2. The van der Waals surface area contributed by atoms with Crippen molar-refractivity contribution in [3.05, 3.63) is 70.0 Å². The second-order valence-electron chi connectivity index (χ2n) is 6.85. The van der Waals surface area contributed by atoms with Gasteiger partial charge in [-0.15, -0.1) is 0 Å². The molecule has 0 heterocycles. The number of rotatable bonds is 8. The fourth-order valence-corrected chi connectivity index (χ4v) is 3.05. The molecule has 1 atom stereocenters. The van der Waals surface area contributed by atoms with Crippen LogP contribution >= 0.6 is 11.6 Å². The fraction of sp³-hybridized carbons (Fsp3) is 0.364. The van der Waals surface area contributed by atoms with E-state index in [4.69, 9.17) is 11.6 Å². The smallest absolute Gasteiger partial charge is 0.242 e. The maximum absolute atomic E-state index is 14.1. The van der Waals surface area contributed by atoms with E-state index in [1.807, 2.05) is 38.1 Å². The first-order chi connectivity index (χ1) is 13.3. The Morgan fingerprint density at radius 1 is 1.18 bits per heavy atom. The number of carbonyl (C=O) groups excluding carboxylic acids is 2. The van der Waals surface area contributed by atoms with Crippen molar-refractivity contribution < 1.29 is 14.0 Å². The predicted octanol–water partition coefficient (Wildman–Crippen LogP) is 4.27. The zero-order valence-corrected chi connectivity index (χ0v) is 17.2. The Morgan fingerprint density at radius 2 is 1.86 bits per heavy atom. The van der Waals surface area contributed by atoms with Crippen LogP contribution in [-0.2, 0) is 22.6 Å². The van der Waals surface area contributed by atoms with Crippen LogP contribution in [0.4, 0.5) is 4.39 Å². The lowest BCUT2D eigenvalue weighted by atomic mass is 10.1. The minimum atomic E-state index is -0.689. The monoisotopic (exact) mass is 404 g/mol. The maximum atomic E-state index is 14.1. The Morgan fingerprint density at radius 3 is 2.46 bits per heavy atom. The van der Waals surface area contributed by atoms with Crippen molar-refractivity contribution in [3.8, 4) is 0 Å². The number of amides is 2. The first kappa shape index (κ1) is 21.9. The molecule has 0 bridgehead atoms. The Balaban J connectivity index is 2.26. The SMILES string of the molecule is CCCNC(=O)[C@H](C)N(Cc1ccc(C)cc1)C(=O)Cc1c(F)cccc1Cl. The molecule has 0 aliphatic heterocycles. The number of nitrogens with one attached hydrogen (secondary N) is 1. The topological polar surface area (TPSA) is 49.4 Å². The van der Waals surface area contributed by atoms with Gasteiger partial charge in [0.25, 0.3) is 0 Å². The van der Waals surface area contributed by atoms with Gasteiger partial charge in [-0.3, -0.25) is 9.59 Å². The summed E-state index contributed by atoms with van der Waals surface area (Å²) < 4.78 is 14.1. The van der Waals surface area contributed by atoms with Crippen molar-refractivity contribution in [1.29, 1.82) is 0 Å². The lowest BCUT2D eigenvalue weighted by molar-refractivity contribution is -0.140. The van der Waals surface area contributed by atoms with Gasteiger partial charge in [0.1, 0.15) is 11.9 Å². The summed E-state index contributed by atoms with van der Waals surface area (Å²) in [6.07, 6.45) is 0.595. The van der Waals surface area contributed by atoms with E-state index < -0.39 is 11.9 Å². The molecule has 0 aliphatic carbocycles. The molecule has 0 saturated heterocycles. The van der Waals surface area contributed by atoms with E-state index in [-0.39, 0.29) is 35.4 Å². The first-order valence-electron chi connectivity index (χ1n) is 9.39. The largest absolute Gasteiger partial charge is 0.354 e. The molecule has 2 aromatic rings. The summed E-state index contributed by atoms with van der Waals surface area (Å²) in [5, 5.41) is 3.02. The van der Waals surface area contributed by atoms with Crippen LogP contribution in [0.25, 0.3) is 0 Å². The molecule has 0 fully saturated rings. The molecule has 2 rings (SSSR count).